The molecule has 0 spiro atoms. The number of hydrogen-bond donors (Lipinski definition) is 2. The lowest BCUT2D eigenvalue weighted by Gasteiger charge is -2.18. The standard InChI is InChI=1S/C9H14BrN3/c1-6(11)7(2)13-9-8(10)4-3-5-12-9/h3-7H,11H2,1-2H3,(H,12,13). The summed E-state index contributed by atoms with van der Waals surface area (Å²) in [7, 11) is 0. The first kappa shape index (κ1) is 10.5. The van der Waals surface area contributed by atoms with Crippen LogP contribution < -0.4 is 11.1 Å². The molecule has 3 N–H and O–H groups in total. The van der Waals surface area contributed by atoms with Crippen molar-refractivity contribution in [3.05, 3.63) is 22.8 Å². The second-order valence-electron chi connectivity index (χ2n) is 3.13. The summed E-state index contributed by atoms with van der Waals surface area (Å²) in [6.45, 7) is 4.00. The highest BCUT2D eigenvalue weighted by Gasteiger charge is 2.08. The van der Waals surface area contributed by atoms with Crippen LogP contribution in [0.15, 0.2) is 22.8 Å². The van der Waals surface area contributed by atoms with Crippen molar-refractivity contribution in [2.45, 2.75) is 25.9 Å². The van der Waals surface area contributed by atoms with Crippen LogP contribution in [0.3, 0.4) is 0 Å². The molecular weight excluding hydrogens is 230 g/mol. The van der Waals surface area contributed by atoms with Crippen molar-refractivity contribution >= 4 is 21.7 Å². The Labute approximate surface area is 86.9 Å². The minimum Gasteiger partial charge on any atom is -0.365 e. The van der Waals surface area contributed by atoms with Gasteiger partial charge < -0.3 is 11.1 Å². The van der Waals surface area contributed by atoms with Gasteiger partial charge in [-0.2, -0.15) is 0 Å². The summed E-state index contributed by atoms with van der Waals surface area (Å²) in [6.07, 6.45) is 1.75. The Morgan fingerprint density at radius 1 is 1.54 bits per heavy atom. The van der Waals surface area contributed by atoms with Gasteiger partial charge in [-0.25, -0.2) is 4.98 Å². The van der Waals surface area contributed by atoms with Crippen LogP contribution in [-0.4, -0.2) is 17.1 Å². The Balaban J connectivity index is 2.69. The molecule has 0 saturated heterocycles. The molecule has 3 nitrogen and oxygen atoms in total. The summed E-state index contributed by atoms with van der Waals surface area (Å²) in [6, 6.07) is 4.15. The zero-order chi connectivity index (χ0) is 9.84. The molecule has 0 aliphatic carbocycles. The maximum absolute atomic E-state index is 5.73. The fourth-order valence-corrected chi connectivity index (χ4v) is 1.21. The molecule has 1 aromatic rings. The molecule has 0 aliphatic rings. The highest BCUT2D eigenvalue weighted by Crippen LogP contribution is 2.19. The number of hydrogen-bond acceptors (Lipinski definition) is 3. The zero-order valence-corrected chi connectivity index (χ0v) is 9.38. The van der Waals surface area contributed by atoms with Gasteiger partial charge in [0, 0.05) is 18.3 Å². The normalized spacial score (nSPS) is 15.1. The number of nitrogens with one attached hydrogen (secondary N) is 1. The SMILES string of the molecule is CC(N)C(C)Nc1ncccc1Br. The fraction of sp³-hybridized carbons (Fsp3) is 0.444. The summed E-state index contributed by atoms with van der Waals surface area (Å²) < 4.78 is 0.961. The number of halogens is 1. The number of anilines is 1. The van der Waals surface area contributed by atoms with Crippen LogP contribution in [0.4, 0.5) is 5.82 Å². The molecule has 2 unspecified atom stereocenters. The number of nitrogens with two attached hydrogens (primary N) is 1. The molecule has 72 valence electrons. The van der Waals surface area contributed by atoms with E-state index in [0.717, 1.165) is 10.3 Å². The molecule has 0 bridgehead atoms. The molecule has 0 aliphatic heterocycles. The van der Waals surface area contributed by atoms with Gasteiger partial charge >= 0.3 is 0 Å². The molecule has 2 atom stereocenters. The van der Waals surface area contributed by atoms with Gasteiger partial charge in [-0.15, -0.1) is 0 Å². The number of nitrogens with zero attached hydrogens (tertiary/aromatic N) is 1. The van der Waals surface area contributed by atoms with E-state index in [4.69, 9.17) is 5.73 Å². The van der Waals surface area contributed by atoms with Crippen molar-refractivity contribution in [3.63, 3.8) is 0 Å². The van der Waals surface area contributed by atoms with E-state index in [1.807, 2.05) is 26.0 Å². The number of rotatable bonds is 3. The third-order valence-electron chi connectivity index (χ3n) is 1.91. The molecule has 4 heteroatoms. The molecule has 13 heavy (non-hydrogen) atoms. The van der Waals surface area contributed by atoms with E-state index in [9.17, 15) is 0 Å². The van der Waals surface area contributed by atoms with Crippen LogP contribution in [0.1, 0.15) is 13.8 Å². The van der Waals surface area contributed by atoms with Crippen molar-refractivity contribution in [3.8, 4) is 0 Å². The zero-order valence-electron chi connectivity index (χ0n) is 7.79. The first-order chi connectivity index (χ1) is 6.11. The molecule has 0 amide bonds. The largest absolute Gasteiger partial charge is 0.365 e. The van der Waals surface area contributed by atoms with E-state index in [1.54, 1.807) is 6.20 Å². The van der Waals surface area contributed by atoms with Gasteiger partial charge in [0.15, 0.2) is 0 Å². The summed E-state index contributed by atoms with van der Waals surface area (Å²) in [5, 5.41) is 3.23. The second-order valence-corrected chi connectivity index (χ2v) is 3.98. The van der Waals surface area contributed by atoms with Crippen molar-refractivity contribution in [2.24, 2.45) is 5.73 Å². The van der Waals surface area contributed by atoms with E-state index in [2.05, 4.69) is 26.2 Å². The summed E-state index contributed by atoms with van der Waals surface area (Å²) in [5.41, 5.74) is 5.73. The molecule has 1 rings (SSSR count). The Morgan fingerprint density at radius 2 is 2.23 bits per heavy atom. The fourth-order valence-electron chi connectivity index (χ4n) is 0.839. The minimum atomic E-state index is 0.105. The monoisotopic (exact) mass is 243 g/mol. The molecule has 1 aromatic heterocycles. The van der Waals surface area contributed by atoms with E-state index in [1.165, 1.54) is 0 Å². The first-order valence-electron chi connectivity index (χ1n) is 4.24. The maximum Gasteiger partial charge on any atom is 0.140 e. The van der Waals surface area contributed by atoms with Gasteiger partial charge in [0.05, 0.1) is 4.47 Å². The third kappa shape index (κ3) is 2.97. The Morgan fingerprint density at radius 3 is 2.77 bits per heavy atom. The first-order valence-corrected chi connectivity index (χ1v) is 5.03. The van der Waals surface area contributed by atoms with Crippen molar-refractivity contribution < 1.29 is 0 Å². The lowest BCUT2D eigenvalue weighted by molar-refractivity contribution is 0.636. The van der Waals surface area contributed by atoms with Crippen molar-refractivity contribution in [1.82, 2.24) is 4.98 Å². The minimum absolute atomic E-state index is 0.105. The lowest BCUT2D eigenvalue weighted by Crippen LogP contribution is -2.35. The lowest BCUT2D eigenvalue weighted by atomic mass is 10.2. The molecule has 0 radical (unpaired) electrons. The van der Waals surface area contributed by atoms with Gasteiger partial charge in [0.1, 0.15) is 5.82 Å². The predicted molar refractivity (Wildman–Crippen MR) is 58.7 cm³/mol. The molecular formula is C9H14BrN3. The quantitative estimate of drug-likeness (QED) is 0.854. The van der Waals surface area contributed by atoms with Gasteiger partial charge in [0.2, 0.25) is 0 Å². The second kappa shape index (κ2) is 4.58. The van der Waals surface area contributed by atoms with Crippen LogP contribution >= 0.6 is 15.9 Å². The maximum atomic E-state index is 5.73. The van der Waals surface area contributed by atoms with E-state index in [-0.39, 0.29) is 12.1 Å². The predicted octanol–water partition coefficient (Wildman–Crippen LogP) is 1.99. The summed E-state index contributed by atoms with van der Waals surface area (Å²) in [4.78, 5) is 4.19. The van der Waals surface area contributed by atoms with E-state index >= 15 is 0 Å². The smallest absolute Gasteiger partial charge is 0.140 e. The van der Waals surface area contributed by atoms with Crippen LogP contribution in [0.5, 0.6) is 0 Å². The number of aromatic nitrogens is 1. The van der Waals surface area contributed by atoms with Crippen molar-refractivity contribution in [2.75, 3.05) is 5.32 Å². The third-order valence-corrected chi connectivity index (χ3v) is 2.55. The van der Waals surface area contributed by atoms with Crippen LogP contribution in [-0.2, 0) is 0 Å². The highest BCUT2D eigenvalue weighted by atomic mass is 79.9. The topological polar surface area (TPSA) is 50.9 Å². The molecule has 0 fully saturated rings. The number of pyridine rings is 1. The van der Waals surface area contributed by atoms with E-state index < -0.39 is 0 Å². The van der Waals surface area contributed by atoms with Crippen LogP contribution in [0, 0.1) is 0 Å². The average molecular weight is 244 g/mol. The van der Waals surface area contributed by atoms with Gasteiger partial charge in [-0.1, -0.05) is 0 Å². The van der Waals surface area contributed by atoms with Gasteiger partial charge in [-0.05, 0) is 41.9 Å². The Kier molecular flexibility index (Phi) is 3.69. The van der Waals surface area contributed by atoms with Gasteiger partial charge in [0.25, 0.3) is 0 Å². The highest BCUT2D eigenvalue weighted by molar-refractivity contribution is 9.10. The summed E-state index contributed by atoms with van der Waals surface area (Å²) in [5.74, 6) is 0.840. The summed E-state index contributed by atoms with van der Waals surface area (Å²) >= 11 is 3.41. The molecule has 0 saturated carbocycles. The Hall–Kier alpha value is -0.610. The molecule has 1 heterocycles. The molecule has 0 aromatic carbocycles. The van der Waals surface area contributed by atoms with E-state index in [0.29, 0.717) is 0 Å². The Bertz CT molecular complexity index is 275. The van der Waals surface area contributed by atoms with Crippen LogP contribution in [0.2, 0.25) is 0 Å². The van der Waals surface area contributed by atoms with Crippen molar-refractivity contribution in [1.29, 1.82) is 0 Å². The average Bonchev–Trinajstić information content (AvgIpc) is 2.08. The van der Waals surface area contributed by atoms with Crippen LogP contribution in [0.25, 0.3) is 0 Å². The van der Waals surface area contributed by atoms with Gasteiger partial charge in [-0.3, -0.25) is 0 Å².